The summed E-state index contributed by atoms with van der Waals surface area (Å²) in [5.74, 6) is -0.350. The highest BCUT2D eigenvalue weighted by Gasteiger charge is 2.07. The molecule has 0 aliphatic heterocycles. The van der Waals surface area contributed by atoms with E-state index in [0.717, 1.165) is 5.69 Å². The summed E-state index contributed by atoms with van der Waals surface area (Å²) < 4.78 is 12.9. The van der Waals surface area contributed by atoms with Gasteiger partial charge in [-0.25, -0.2) is 9.37 Å². The fraction of sp³-hybridized carbons (Fsp3) is 0.0769. The highest BCUT2D eigenvalue weighted by Crippen LogP contribution is 2.08. The Balaban J connectivity index is 2.17. The third kappa shape index (κ3) is 2.87. The van der Waals surface area contributed by atoms with Gasteiger partial charge in [0, 0.05) is 11.3 Å². The zero-order chi connectivity index (χ0) is 12.3. The summed E-state index contributed by atoms with van der Waals surface area (Å²) in [5, 5.41) is 2.61. The Bertz CT molecular complexity index is 555. The van der Waals surface area contributed by atoms with Gasteiger partial charge in [0.25, 0.3) is 5.91 Å². The summed E-state index contributed by atoms with van der Waals surface area (Å²) in [4.78, 5) is 15.9. The molecule has 1 amide bonds. The van der Waals surface area contributed by atoms with Crippen molar-refractivity contribution < 1.29 is 9.18 Å². The summed E-state index contributed by atoms with van der Waals surface area (Å²) in [5.41, 5.74) is 1.08. The molecule has 1 aromatic heterocycles. The number of amides is 1. The molecule has 2 aromatic rings. The van der Waals surface area contributed by atoms with Crippen molar-refractivity contribution in [3.8, 4) is 0 Å². The van der Waals surface area contributed by atoms with E-state index in [0.29, 0.717) is 5.82 Å². The average molecular weight is 230 g/mol. The SMILES string of the molecule is Cc1cccc(NC(=O)c2cccc(F)c2)n1. The van der Waals surface area contributed by atoms with E-state index in [1.807, 2.05) is 13.0 Å². The molecule has 2 rings (SSSR count). The van der Waals surface area contributed by atoms with Crippen LogP contribution < -0.4 is 5.32 Å². The van der Waals surface area contributed by atoms with Crippen LogP contribution in [0.3, 0.4) is 0 Å². The van der Waals surface area contributed by atoms with Gasteiger partial charge >= 0.3 is 0 Å². The molecule has 3 nitrogen and oxygen atoms in total. The lowest BCUT2D eigenvalue weighted by atomic mass is 10.2. The van der Waals surface area contributed by atoms with Crippen molar-refractivity contribution in [3.05, 3.63) is 59.5 Å². The minimum atomic E-state index is -0.435. The van der Waals surface area contributed by atoms with Gasteiger partial charge in [-0.3, -0.25) is 4.79 Å². The minimum absolute atomic E-state index is 0.272. The summed E-state index contributed by atoms with van der Waals surface area (Å²) in [6.07, 6.45) is 0. The number of benzene rings is 1. The van der Waals surface area contributed by atoms with Crippen LogP contribution in [0, 0.1) is 12.7 Å². The molecule has 0 saturated carbocycles. The molecule has 0 aliphatic carbocycles. The number of carbonyl (C=O) groups is 1. The average Bonchev–Trinajstić information content (AvgIpc) is 2.29. The van der Waals surface area contributed by atoms with Gasteiger partial charge in [0.1, 0.15) is 11.6 Å². The zero-order valence-corrected chi connectivity index (χ0v) is 9.27. The Hall–Kier alpha value is -2.23. The van der Waals surface area contributed by atoms with Crippen molar-refractivity contribution >= 4 is 11.7 Å². The third-order valence-corrected chi connectivity index (χ3v) is 2.22. The van der Waals surface area contributed by atoms with Gasteiger partial charge in [-0.1, -0.05) is 12.1 Å². The summed E-state index contributed by atoms with van der Waals surface area (Å²) in [7, 11) is 0. The van der Waals surface area contributed by atoms with Crippen LogP contribution in [0.1, 0.15) is 16.1 Å². The predicted octanol–water partition coefficient (Wildman–Crippen LogP) is 2.78. The Kier molecular flexibility index (Phi) is 3.14. The van der Waals surface area contributed by atoms with E-state index in [-0.39, 0.29) is 11.5 Å². The molecular formula is C13H11FN2O. The smallest absolute Gasteiger partial charge is 0.256 e. The van der Waals surface area contributed by atoms with Gasteiger partial charge in [-0.2, -0.15) is 0 Å². The van der Waals surface area contributed by atoms with Crippen molar-refractivity contribution in [2.45, 2.75) is 6.92 Å². The molecule has 4 heteroatoms. The molecule has 17 heavy (non-hydrogen) atoms. The van der Waals surface area contributed by atoms with Gasteiger partial charge < -0.3 is 5.32 Å². The Morgan fingerprint density at radius 1 is 1.24 bits per heavy atom. The summed E-state index contributed by atoms with van der Waals surface area (Å²) >= 11 is 0. The molecular weight excluding hydrogens is 219 g/mol. The first kappa shape index (κ1) is 11.3. The number of pyridine rings is 1. The molecule has 0 fully saturated rings. The van der Waals surface area contributed by atoms with Gasteiger partial charge in [0.15, 0.2) is 0 Å². The van der Waals surface area contributed by atoms with Gasteiger partial charge in [0.05, 0.1) is 0 Å². The van der Waals surface area contributed by atoms with Crippen molar-refractivity contribution in [2.75, 3.05) is 5.32 Å². The second-order valence-corrected chi connectivity index (χ2v) is 3.63. The third-order valence-electron chi connectivity index (χ3n) is 2.22. The second kappa shape index (κ2) is 4.74. The van der Waals surface area contributed by atoms with E-state index < -0.39 is 5.82 Å². The predicted molar refractivity (Wildman–Crippen MR) is 63.3 cm³/mol. The number of nitrogens with zero attached hydrogens (tertiary/aromatic N) is 1. The maximum Gasteiger partial charge on any atom is 0.256 e. The topological polar surface area (TPSA) is 42.0 Å². The number of aromatic nitrogens is 1. The van der Waals surface area contributed by atoms with Gasteiger partial charge in [0.2, 0.25) is 0 Å². The molecule has 0 unspecified atom stereocenters. The van der Waals surface area contributed by atoms with E-state index in [4.69, 9.17) is 0 Å². The van der Waals surface area contributed by atoms with Crippen LogP contribution in [0.5, 0.6) is 0 Å². The van der Waals surface area contributed by atoms with Crippen molar-refractivity contribution in [3.63, 3.8) is 0 Å². The first-order valence-corrected chi connectivity index (χ1v) is 5.16. The molecule has 0 aliphatic rings. The van der Waals surface area contributed by atoms with Crippen LogP contribution in [-0.4, -0.2) is 10.9 Å². The highest BCUT2D eigenvalue weighted by molar-refractivity contribution is 6.03. The number of hydrogen-bond acceptors (Lipinski definition) is 2. The Labute approximate surface area is 98.3 Å². The molecule has 0 atom stereocenters. The quantitative estimate of drug-likeness (QED) is 0.861. The van der Waals surface area contributed by atoms with Gasteiger partial charge in [-0.15, -0.1) is 0 Å². The van der Waals surface area contributed by atoms with Gasteiger partial charge in [-0.05, 0) is 37.3 Å². The number of nitrogens with one attached hydrogen (secondary N) is 1. The molecule has 0 saturated heterocycles. The summed E-state index contributed by atoms with van der Waals surface area (Å²) in [6, 6.07) is 10.8. The molecule has 1 heterocycles. The lowest BCUT2D eigenvalue weighted by Gasteiger charge is -2.04. The zero-order valence-electron chi connectivity index (χ0n) is 9.27. The molecule has 1 N–H and O–H groups in total. The fourth-order valence-corrected chi connectivity index (χ4v) is 1.43. The molecule has 0 radical (unpaired) electrons. The molecule has 1 aromatic carbocycles. The Morgan fingerprint density at radius 2 is 2.00 bits per heavy atom. The largest absolute Gasteiger partial charge is 0.307 e. The van der Waals surface area contributed by atoms with E-state index >= 15 is 0 Å². The first-order chi connectivity index (χ1) is 8.15. The monoisotopic (exact) mass is 230 g/mol. The van der Waals surface area contributed by atoms with Crippen LogP contribution in [0.2, 0.25) is 0 Å². The maximum absolute atomic E-state index is 12.9. The number of rotatable bonds is 2. The van der Waals surface area contributed by atoms with Crippen LogP contribution in [0.25, 0.3) is 0 Å². The van der Waals surface area contributed by atoms with Crippen LogP contribution in [-0.2, 0) is 0 Å². The minimum Gasteiger partial charge on any atom is -0.307 e. The number of anilines is 1. The van der Waals surface area contributed by atoms with Crippen LogP contribution in [0.15, 0.2) is 42.5 Å². The number of halogens is 1. The number of hydrogen-bond donors (Lipinski definition) is 1. The van der Waals surface area contributed by atoms with Crippen LogP contribution >= 0.6 is 0 Å². The molecule has 0 bridgehead atoms. The first-order valence-electron chi connectivity index (χ1n) is 5.16. The van der Waals surface area contributed by atoms with E-state index in [9.17, 15) is 9.18 Å². The normalized spacial score (nSPS) is 10.0. The number of aryl methyl sites for hydroxylation is 1. The van der Waals surface area contributed by atoms with Crippen molar-refractivity contribution in [2.24, 2.45) is 0 Å². The standard InChI is InChI=1S/C13H11FN2O/c1-9-4-2-7-12(15-9)16-13(17)10-5-3-6-11(14)8-10/h2-8H,1H3,(H,15,16,17). The van der Waals surface area contributed by atoms with E-state index in [1.165, 1.54) is 18.2 Å². The Morgan fingerprint density at radius 3 is 2.71 bits per heavy atom. The second-order valence-electron chi connectivity index (χ2n) is 3.63. The highest BCUT2D eigenvalue weighted by atomic mass is 19.1. The van der Waals surface area contributed by atoms with Crippen molar-refractivity contribution in [1.82, 2.24) is 4.98 Å². The lowest BCUT2D eigenvalue weighted by Crippen LogP contribution is -2.13. The van der Waals surface area contributed by atoms with E-state index in [2.05, 4.69) is 10.3 Å². The maximum atomic E-state index is 12.9. The van der Waals surface area contributed by atoms with Crippen molar-refractivity contribution in [1.29, 1.82) is 0 Å². The fourth-order valence-electron chi connectivity index (χ4n) is 1.43. The summed E-state index contributed by atoms with van der Waals surface area (Å²) in [6.45, 7) is 1.83. The molecule has 0 spiro atoms. The molecule has 86 valence electrons. The van der Waals surface area contributed by atoms with E-state index in [1.54, 1.807) is 18.2 Å². The number of carbonyl (C=O) groups excluding carboxylic acids is 1. The lowest BCUT2D eigenvalue weighted by molar-refractivity contribution is 0.102. The van der Waals surface area contributed by atoms with Crippen LogP contribution in [0.4, 0.5) is 10.2 Å².